The molecule has 0 spiro atoms. The van der Waals surface area contributed by atoms with Crippen molar-refractivity contribution in [1.82, 2.24) is 10.3 Å². The second-order valence-electron chi connectivity index (χ2n) is 4.80. The molecule has 1 amide bonds. The first-order valence-electron chi connectivity index (χ1n) is 6.93. The number of hydrogen-bond donors (Lipinski definition) is 1. The van der Waals surface area contributed by atoms with Crippen LogP contribution in [-0.2, 0) is 0 Å². The first-order chi connectivity index (χ1) is 10.8. The molecule has 0 bridgehead atoms. The third-order valence-electron chi connectivity index (χ3n) is 3.27. The minimum Gasteiger partial charge on any atom is -0.486 e. The van der Waals surface area contributed by atoms with Gasteiger partial charge in [0.1, 0.15) is 12.7 Å². The van der Waals surface area contributed by atoms with Crippen molar-refractivity contribution in [2.75, 3.05) is 20.3 Å². The predicted octanol–water partition coefficient (Wildman–Crippen LogP) is 1.66. The third-order valence-corrected chi connectivity index (χ3v) is 3.27. The Morgan fingerprint density at radius 1 is 1.32 bits per heavy atom. The number of amides is 1. The Labute approximate surface area is 128 Å². The van der Waals surface area contributed by atoms with Crippen LogP contribution in [0.3, 0.4) is 0 Å². The number of nitrogens with one attached hydrogen (secondary N) is 1. The number of methoxy groups -OCH3 is 1. The van der Waals surface area contributed by atoms with Crippen molar-refractivity contribution in [3.05, 3.63) is 48.2 Å². The summed E-state index contributed by atoms with van der Waals surface area (Å²) in [5, 5.41) is 2.81. The van der Waals surface area contributed by atoms with Gasteiger partial charge in [-0.1, -0.05) is 12.1 Å². The maximum atomic E-state index is 12.0. The van der Waals surface area contributed by atoms with Crippen molar-refractivity contribution >= 4 is 5.91 Å². The fourth-order valence-corrected chi connectivity index (χ4v) is 2.11. The molecule has 0 saturated carbocycles. The molecule has 0 aliphatic carbocycles. The van der Waals surface area contributed by atoms with E-state index in [0.29, 0.717) is 30.3 Å². The summed E-state index contributed by atoms with van der Waals surface area (Å²) in [5.41, 5.74) is 0.470. The summed E-state index contributed by atoms with van der Waals surface area (Å²) in [7, 11) is 1.53. The third kappa shape index (κ3) is 3.11. The van der Waals surface area contributed by atoms with Crippen molar-refractivity contribution in [3.63, 3.8) is 0 Å². The van der Waals surface area contributed by atoms with Gasteiger partial charge in [-0.25, -0.2) is 4.98 Å². The maximum Gasteiger partial charge on any atom is 0.252 e. The first kappa shape index (κ1) is 14.2. The average molecular weight is 300 g/mol. The van der Waals surface area contributed by atoms with Crippen molar-refractivity contribution in [2.24, 2.45) is 0 Å². The van der Waals surface area contributed by atoms with Gasteiger partial charge in [0, 0.05) is 12.3 Å². The van der Waals surface area contributed by atoms with Crippen LogP contribution in [0.5, 0.6) is 17.4 Å². The molecule has 1 aliphatic rings. The van der Waals surface area contributed by atoms with Gasteiger partial charge in [-0.15, -0.1) is 0 Å². The number of fused-ring (bicyclic) bond motifs is 1. The molecule has 2 aromatic rings. The van der Waals surface area contributed by atoms with Crippen LogP contribution in [0, 0.1) is 0 Å². The number of carbonyl (C=O) groups excluding carboxylic acids is 1. The van der Waals surface area contributed by atoms with Gasteiger partial charge in [0.25, 0.3) is 5.91 Å². The molecule has 0 fully saturated rings. The number of carbonyl (C=O) groups is 1. The number of benzene rings is 1. The fraction of sp³-hybridized carbons (Fsp3) is 0.250. The highest BCUT2D eigenvalue weighted by molar-refractivity contribution is 5.93. The van der Waals surface area contributed by atoms with Gasteiger partial charge in [0.15, 0.2) is 11.5 Å². The topological polar surface area (TPSA) is 69.7 Å². The minimum atomic E-state index is -0.218. The van der Waals surface area contributed by atoms with Crippen molar-refractivity contribution in [1.29, 1.82) is 0 Å². The van der Waals surface area contributed by atoms with E-state index in [-0.39, 0.29) is 12.0 Å². The van der Waals surface area contributed by atoms with E-state index in [4.69, 9.17) is 14.2 Å². The normalized spacial score (nSPS) is 16.0. The molecule has 6 heteroatoms. The van der Waals surface area contributed by atoms with Crippen molar-refractivity contribution in [3.8, 4) is 17.4 Å². The Morgan fingerprint density at radius 3 is 2.86 bits per heavy atom. The molecular formula is C16H16N2O4. The molecule has 114 valence electrons. The van der Waals surface area contributed by atoms with Crippen LogP contribution in [0.2, 0.25) is 0 Å². The Kier molecular flexibility index (Phi) is 4.09. The zero-order chi connectivity index (χ0) is 15.4. The van der Waals surface area contributed by atoms with Crippen molar-refractivity contribution in [2.45, 2.75) is 6.10 Å². The van der Waals surface area contributed by atoms with Gasteiger partial charge in [0.2, 0.25) is 5.88 Å². The summed E-state index contributed by atoms with van der Waals surface area (Å²) in [6.07, 6.45) is 1.26. The standard InChI is InChI=1S/C16H16N2O4/c1-20-15-7-6-11(8-17-15)16(19)18-9-12-10-21-13-4-2-3-5-14(13)22-12/h2-8,12H,9-10H2,1H3,(H,18,19). The summed E-state index contributed by atoms with van der Waals surface area (Å²) in [4.78, 5) is 16.0. The number of hydrogen-bond acceptors (Lipinski definition) is 5. The molecule has 2 heterocycles. The van der Waals surface area contributed by atoms with E-state index in [2.05, 4.69) is 10.3 Å². The predicted molar refractivity (Wildman–Crippen MR) is 79.5 cm³/mol. The molecule has 0 saturated heterocycles. The Hall–Kier alpha value is -2.76. The molecule has 1 aliphatic heterocycles. The van der Waals surface area contributed by atoms with Crippen LogP contribution in [0.1, 0.15) is 10.4 Å². The number of para-hydroxylation sites is 2. The number of ether oxygens (including phenoxy) is 3. The van der Waals surface area contributed by atoms with Crippen LogP contribution >= 0.6 is 0 Å². The molecule has 1 aromatic heterocycles. The van der Waals surface area contributed by atoms with Crippen molar-refractivity contribution < 1.29 is 19.0 Å². The lowest BCUT2D eigenvalue weighted by Crippen LogP contribution is -2.40. The SMILES string of the molecule is COc1ccc(C(=O)NCC2COc3ccccc3O2)cn1. The monoisotopic (exact) mass is 300 g/mol. The lowest BCUT2D eigenvalue weighted by atomic mass is 10.2. The Morgan fingerprint density at radius 2 is 2.14 bits per heavy atom. The molecule has 1 aromatic carbocycles. The lowest BCUT2D eigenvalue weighted by Gasteiger charge is -2.26. The molecular weight excluding hydrogens is 284 g/mol. The minimum absolute atomic E-state index is 0.211. The number of nitrogens with zero attached hydrogens (tertiary/aromatic N) is 1. The largest absolute Gasteiger partial charge is 0.486 e. The van der Waals surface area contributed by atoms with Gasteiger partial charge in [-0.2, -0.15) is 0 Å². The first-order valence-corrected chi connectivity index (χ1v) is 6.93. The van der Waals surface area contributed by atoms with Gasteiger partial charge < -0.3 is 19.5 Å². The second-order valence-corrected chi connectivity index (χ2v) is 4.80. The Bertz CT molecular complexity index is 657. The summed E-state index contributed by atoms with van der Waals surface area (Å²) in [6, 6.07) is 10.8. The highest BCUT2D eigenvalue weighted by Gasteiger charge is 2.21. The highest BCUT2D eigenvalue weighted by atomic mass is 16.6. The number of aromatic nitrogens is 1. The summed E-state index contributed by atoms with van der Waals surface area (Å²) >= 11 is 0. The van der Waals surface area contributed by atoms with E-state index in [1.54, 1.807) is 12.1 Å². The highest BCUT2D eigenvalue weighted by Crippen LogP contribution is 2.30. The molecule has 1 unspecified atom stereocenters. The van der Waals surface area contributed by atoms with Gasteiger partial charge in [-0.05, 0) is 18.2 Å². The van der Waals surface area contributed by atoms with Crippen LogP contribution in [0.15, 0.2) is 42.6 Å². The Balaban J connectivity index is 1.55. The second kappa shape index (κ2) is 6.34. The average Bonchev–Trinajstić information content (AvgIpc) is 2.59. The molecule has 1 atom stereocenters. The summed E-state index contributed by atoms with van der Waals surface area (Å²) in [5.74, 6) is 1.68. The summed E-state index contributed by atoms with van der Waals surface area (Å²) < 4.78 is 16.3. The number of pyridine rings is 1. The van der Waals surface area contributed by atoms with E-state index in [9.17, 15) is 4.79 Å². The van der Waals surface area contributed by atoms with E-state index in [1.807, 2.05) is 24.3 Å². The van der Waals surface area contributed by atoms with Crippen LogP contribution in [0.4, 0.5) is 0 Å². The van der Waals surface area contributed by atoms with E-state index < -0.39 is 0 Å². The van der Waals surface area contributed by atoms with Gasteiger partial charge in [-0.3, -0.25) is 4.79 Å². The van der Waals surface area contributed by atoms with Crippen LogP contribution in [0.25, 0.3) is 0 Å². The molecule has 22 heavy (non-hydrogen) atoms. The summed E-state index contributed by atoms with van der Waals surface area (Å²) in [6.45, 7) is 0.761. The molecule has 0 radical (unpaired) electrons. The van der Waals surface area contributed by atoms with E-state index >= 15 is 0 Å². The zero-order valence-corrected chi connectivity index (χ0v) is 12.1. The van der Waals surface area contributed by atoms with Crippen LogP contribution < -0.4 is 19.5 Å². The number of rotatable bonds is 4. The lowest BCUT2D eigenvalue weighted by molar-refractivity contribution is 0.0789. The van der Waals surface area contributed by atoms with Gasteiger partial charge in [0.05, 0.1) is 19.2 Å². The van der Waals surface area contributed by atoms with E-state index in [0.717, 1.165) is 5.75 Å². The smallest absolute Gasteiger partial charge is 0.252 e. The zero-order valence-electron chi connectivity index (χ0n) is 12.1. The molecule has 6 nitrogen and oxygen atoms in total. The molecule has 3 rings (SSSR count). The molecule has 1 N–H and O–H groups in total. The maximum absolute atomic E-state index is 12.0. The van der Waals surface area contributed by atoms with Crippen LogP contribution in [-0.4, -0.2) is 37.3 Å². The van der Waals surface area contributed by atoms with Gasteiger partial charge >= 0.3 is 0 Å². The fourth-order valence-electron chi connectivity index (χ4n) is 2.11. The van der Waals surface area contributed by atoms with E-state index in [1.165, 1.54) is 13.3 Å². The quantitative estimate of drug-likeness (QED) is 0.930.